The van der Waals surface area contributed by atoms with Crippen LogP contribution in [-0.2, 0) is 4.79 Å². The molecule has 0 radical (unpaired) electrons. The average molecular weight is 235 g/mol. The van der Waals surface area contributed by atoms with Gasteiger partial charge in [-0.15, -0.1) is 0 Å². The van der Waals surface area contributed by atoms with Gasteiger partial charge in [0.25, 0.3) is 5.91 Å². The van der Waals surface area contributed by atoms with E-state index in [1.807, 2.05) is 12.1 Å². The molecule has 1 N–H and O–H groups in total. The Bertz CT molecular complexity index is 399. The quantitative estimate of drug-likeness (QED) is 0.871. The van der Waals surface area contributed by atoms with Crippen molar-refractivity contribution in [1.82, 2.24) is 5.32 Å². The van der Waals surface area contributed by atoms with Gasteiger partial charge >= 0.3 is 0 Å². The maximum absolute atomic E-state index is 11.3. The maximum atomic E-state index is 11.3. The number of ether oxygens (including phenoxy) is 1. The molecular formula is C14H21NO2. The minimum absolute atomic E-state index is 0.115. The summed E-state index contributed by atoms with van der Waals surface area (Å²) in [6.07, 6.45) is -0.468. The predicted octanol–water partition coefficient (Wildman–Crippen LogP) is 2.63. The topological polar surface area (TPSA) is 38.3 Å². The number of hydrogen-bond donors (Lipinski definition) is 1. The van der Waals surface area contributed by atoms with Crippen LogP contribution in [0.3, 0.4) is 0 Å². The van der Waals surface area contributed by atoms with Gasteiger partial charge in [0.2, 0.25) is 0 Å². The van der Waals surface area contributed by atoms with E-state index >= 15 is 0 Å². The second kappa shape index (κ2) is 5.71. The van der Waals surface area contributed by atoms with Gasteiger partial charge < -0.3 is 10.1 Å². The summed E-state index contributed by atoms with van der Waals surface area (Å²) in [4.78, 5) is 11.3. The molecule has 0 aliphatic rings. The zero-order valence-corrected chi connectivity index (χ0v) is 11.2. The largest absolute Gasteiger partial charge is 0.481 e. The summed E-state index contributed by atoms with van der Waals surface area (Å²) in [6.45, 7) is 8.13. The number of amides is 1. The van der Waals surface area contributed by atoms with Crippen molar-refractivity contribution in [2.24, 2.45) is 0 Å². The van der Waals surface area contributed by atoms with Crippen molar-refractivity contribution in [3.05, 3.63) is 29.3 Å². The zero-order valence-electron chi connectivity index (χ0n) is 11.2. The molecule has 1 amide bonds. The van der Waals surface area contributed by atoms with Crippen molar-refractivity contribution in [2.75, 3.05) is 7.05 Å². The SMILES string of the molecule is CNC(=O)C(C)Oc1ccc(C(C)C)c(C)c1. The van der Waals surface area contributed by atoms with Crippen molar-refractivity contribution in [3.63, 3.8) is 0 Å². The van der Waals surface area contributed by atoms with Crippen LogP contribution in [0.4, 0.5) is 0 Å². The van der Waals surface area contributed by atoms with Gasteiger partial charge in [-0.25, -0.2) is 0 Å². The van der Waals surface area contributed by atoms with Crippen LogP contribution in [0.15, 0.2) is 18.2 Å². The Morgan fingerprint density at radius 2 is 1.94 bits per heavy atom. The molecule has 0 spiro atoms. The van der Waals surface area contributed by atoms with Gasteiger partial charge in [-0.05, 0) is 43.0 Å². The van der Waals surface area contributed by atoms with Crippen LogP contribution in [0, 0.1) is 6.92 Å². The van der Waals surface area contributed by atoms with Crippen LogP contribution in [-0.4, -0.2) is 19.1 Å². The lowest BCUT2D eigenvalue weighted by Gasteiger charge is -2.15. The second-order valence-electron chi connectivity index (χ2n) is 4.55. The van der Waals surface area contributed by atoms with E-state index in [2.05, 4.69) is 32.2 Å². The predicted molar refractivity (Wildman–Crippen MR) is 69.4 cm³/mol. The second-order valence-corrected chi connectivity index (χ2v) is 4.55. The Morgan fingerprint density at radius 3 is 2.41 bits per heavy atom. The molecule has 1 atom stereocenters. The first-order valence-electron chi connectivity index (χ1n) is 5.94. The molecule has 0 aliphatic heterocycles. The van der Waals surface area contributed by atoms with Gasteiger partial charge in [-0.1, -0.05) is 19.9 Å². The molecule has 0 saturated carbocycles. The van der Waals surface area contributed by atoms with Crippen LogP contribution in [0.1, 0.15) is 37.8 Å². The number of aryl methyl sites for hydroxylation is 1. The molecule has 1 aromatic rings. The first kappa shape index (κ1) is 13.6. The van der Waals surface area contributed by atoms with E-state index in [1.54, 1.807) is 14.0 Å². The molecule has 1 rings (SSSR count). The highest BCUT2D eigenvalue weighted by atomic mass is 16.5. The minimum atomic E-state index is -0.468. The molecule has 1 unspecified atom stereocenters. The molecule has 3 heteroatoms. The van der Waals surface area contributed by atoms with E-state index in [0.717, 1.165) is 5.75 Å². The molecule has 17 heavy (non-hydrogen) atoms. The third-order valence-corrected chi connectivity index (χ3v) is 2.79. The number of likely N-dealkylation sites (N-methyl/N-ethyl adjacent to an activating group) is 1. The number of hydrogen-bond acceptors (Lipinski definition) is 2. The highest BCUT2D eigenvalue weighted by Gasteiger charge is 2.13. The number of carbonyl (C=O) groups is 1. The fourth-order valence-corrected chi connectivity index (χ4v) is 1.83. The number of rotatable bonds is 4. The average Bonchev–Trinajstić information content (AvgIpc) is 2.27. The van der Waals surface area contributed by atoms with E-state index in [4.69, 9.17) is 4.74 Å². The Balaban J connectivity index is 2.81. The summed E-state index contributed by atoms with van der Waals surface area (Å²) in [6, 6.07) is 5.96. The van der Waals surface area contributed by atoms with Gasteiger partial charge in [0.05, 0.1) is 0 Å². The number of carbonyl (C=O) groups excluding carboxylic acids is 1. The first-order chi connectivity index (χ1) is 7.95. The molecule has 3 nitrogen and oxygen atoms in total. The van der Waals surface area contributed by atoms with E-state index in [1.165, 1.54) is 11.1 Å². The lowest BCUT2D eigenvalue weighted by atomic mass is 9.98. The van der Waals surface area contributed by atoms with Crippen LogP contribution in [0.2, 0.25) is 0 Å². The third kappa shape index (κ3) is 3.48. The van der Waals surface area contributed by atoms with E-state index in [0.29, 0.717) is 5.92 Å². The van der Waals surface area contributed by atoms with Crippen molar-refractivity contribution < 1.29 is 9.53 Å². The summed E-state index contributed by atoms with van der Waals surface area (Å²) < 4.78 is 5.57. The van der Waals surface area contributed by atoms with Crippen LogP contribution >= 0.6 is 0 Å². The van der Waals surface area contributed by atoms with Gasteiger partial charge in [0.15, 0.2) is 6.10 Å². The normalized spacial score (nSPS) is 12.4. The highest BCUT2D eigenvalue weighted by molar-refractivity contribution is 5.80. The van der Waals surface area contributed by atoms with Crippen molar-refractivity contribution in [2.45, 2.75) is 39.7 Å². The monoisotopic (exact) mass is 235 g/mol. The van der Waals surface area contributed by atoms with Crippen molar-refractivity contribution >= 4 is 5.91 Å². The van der Waals surface area contributed by atoms with Crippen LogP contribution in [0.5, 0.6) is 5.75 Å². The summed E-state index contributed by atoms with van der Waals surface area (Å²) in [7, 11) is 1.61. The lowest BCUT2D eigenvalue weighted by molar-refractivity contribution is -0.126. The first-order valence-corrected chi connectivity index (χ1v) is 5.94. The Hall–Kier alpha value is -1.51. The van der Waals surface area contributed by atoms with Crippen molar-refractivity contribution in [1.29, 1.82) is 0 Å². The molecule has 0 aromatic heterocycles. The smallest absolute Gasteiger partial charge is 0.260 e. The van der Waals surface area contributed by atoms with Gasteiger partial charge in [-0.3, -0.25) is 4.79 Å². The maximum Gasteiger partial charge on any atom is 0.260 e. The van der Waals surface area contributed by atoms with Crippen LogP contribution in [0.25, 0.3) is 0 Å². The van der Waals surface area contributed by atoms with E-state index in [-0.39, 0.29) is 5.91 Å². The van der Waals surface area contributed by atoms with E-state index < -0.39 is 6.10 Å². The van der Waals surface area contributed by atoms with Gasteiger partial charge in [0, 0.05) is 7.05 Å². The standard InChI is InChI=1S/C14H21NO2/c1-9(2)13-7-6-12(8-10(13)3)17-11(4)14(16)15-5/h6-9,11H,1-5H3,(H,15,16). The Morgan fingerprint density at radius 1 is 1.29 bits per heavy atom. The summed E-state index contributed by atoms with van der Waals surface area (Å²) in [5, 5.41) is 2.57. The Labute approximate surface area is 103 Å². The Kier molecular flexibility index (Phi) is 4.55. The van der Waals surface area contributed by atoms with Gasteiger partial charge in [0.1, 0.15) is 5.75 Å². The third-order valence-electron chi connectivity index (χ3n) is 2.79. The fourth-order valence-electron chi connectivity index (χ4n) is 1.83. The molecular weight excluding hydrogens is 214 g/mol. The fraction of sp³-hybridized carbons (Fsp3) is 0.500. The molecule has 0 aliphatic carbocycles. The highest BCUT2D eigenvalue weighted by Crippen LogP contribution is 2.24. The molecule has 0 bridgehead atoms. The number of benzene rings is 1. The van der Waals surface area contributed by atoms with Crippen molar-refractivity contribution in [3.8, 4) is 5.75 Å². The summed E-state index contributed by atoms with van der Waals surface area (Å²) in [5.74, 6) is 1.12. The van der Waals surface area contributed by atoms with Gasteiger partial charge in [-0.2, -0.15) is 0 Å². The zero-order chi connectivity index (χ0) is 13.0. The van der Waals surface area contributed by atoms with Crippen LogP contribution < -0.4 is 10.1 Å². The molecule has 94 valence electrons. The molecule has 0 fully saturated rings. The lowest BCUT2D eigenvalue weighted by Crippen LogP contribution is -2.33. The summed E-state index contributed by atoms with van der Waals surface area (Å²) >= 11 is 0. The van der Waals surface area contributed by atoms with E-state index in [9.17, 15) is 4.79 Å². The molecule has 0 saturated heterocycles. The number of nitrogens with one attached hydrogen (secondary N) is 1. The molecule has 0 heterocycles. The summed E-state index contributed by atoms with van der Waals surface area (Å²) in [5.41, 5.74) is 2.51. The molecule has 1 aromatic carbocycles. The minimum Gasteiger partial charge on any atom is -0.481 e.